The van der Waals surface area contributed by atoms with E-state index >= 15 is 0 Å². The zero-order valence-corrected chi connectivity index (χ0v) is 7.88. The van der Waals surface area contributed by atoms with E-state index in [2.05, 4.69) is 12.1 Å². The Kier molecular flexibility index (Phi) is 2.21. The smallest absolute Gasteiger partial charge is 0.0995 e. The van der Waals surface area contributed by atoms with Crippen LogP contribution in [-0.2, 0) is 12.8 Å². The van der Waals surface area contributed by atoms with Crippen LogP contribution in [0.5, 0.6) is 0 Å². The fourth-order valence-electron chi connectivity index (χ4n) is 2.03. The molecule has 1 aliphatic carbocycles. The lowest BCUT2D eigenvalue weighted by molar-refractivity contribution is 0.684. The molecule has 14 heavy (non-hydrogen) atoms. The van der Waals surface area contributed by atoms with Crippen molar-refractivity contribution in [3.05, 3.63) is 34.4 Å². The van der Waals surface area contributed by atoms with E-state index in [1.54, 1.807) is 6.07 Å². The van der Waals surface area contributed by atoms with Crippen LogP contribution in [0.1, 0.15) is 35.1 Å². The van der Waals surface area contributed by atoms with E-state index in [0.717, 1.165) is 24.8 Å². The summed E-state index contributed by atoms with van der Waals surface area (Å²) in [7, 11) is 0. The van der Waals surface area contributed by atoms with Gasteiger partial charge in [-0.3, -0.25) is 0 Å². The summed E-state index contributed by atoms with van der Waals surface area (Å²) in [4.78, 5) is 0. The molecule has 0 radical (unpaired) electrons. The van der Waals surface area contributed by atoms with Crippen LogP contribution in [0.25, 0.3) is 0 Å². The zero-order chi connectivity index (χ0) is 9.97. The first-order valence-corrected chi connectivity index (χ1v) is 4.81. The van der Waals surface area contributed by atoms with Crippen LogP contribution in [0.4, 0.5) is 0 Å². The molecule has 0 N–H and O–H groups in total. The van der Waals surface area contributed by atoms with Crippen molar-refractivity contribution in [2.75, 3.05) is 0 Å². The number of hydrogen-bond acceptors (Lipinski definition) is 2. The summed E-state index contributed by atoms with van der Waals surface area (Å²) >= 11 is 0. The molecular formula is C12H10N2. The van der Waals surface area contributed by atoms with Crippen LogP contribution in [0.15, 0.2) is 12.1 Å². The molecule has 1 aromatic carbocycles. The maximum absolute atomic E-state index is 8.95. The highest BCUT2D eigenvalue weighted by Crippen LogP contribution is 2.25. The van der Waals surface area contributed by atoms with Crippen LogP contribution in [0.3, 0.4) is 0 Å². The summed E-state index contributed by atoms with van der Waals surface area (Å²) in [5, 5.41) is 17.8. The normalized spacial score (nSPS) is 13.9. The monoisotopic (exact) mass is 182 g/mol. The van der Waals surface area contributed by atoms with Gasteiger partial charge in [0.15, 0.2) is 0 Å². The van der Waals surface area contributed by atoms with Gasteiger partial charge in [0.2, 0.25) is 0 Å². The highest BCUT2D eigenvalue weighted by atomic mass is 14.3. The number of aryl methyl sites for hydroxylation is 1. The van der Waals surface area contributed by atoms with E-state index in [0.29, 0.717) is 11.1 Å². The lowest BCUT2D eigenvalue weighted by atomic mass is 9.87. The largest absolute Gasteiger partial charge is 0.192 e. The van der Waals surface area contributed by atoms with Crippen LogP contribution in [0, 0.1) is 22.7 Å². The van der Waals surface area contributed by atoms with Crippen LogP contribution in [-0.4, -0.2) is 0 Å². The minimum Gasteiger partial charge on any atom is -0.192 e. The number of fused-ring (bicyclic) bond motifs is 1. The predicted octanol–water partition coefficient (Wildman–Crippen LogP) is 2.31. The summed E-state index contributed by atoms with van der Waals surface area (Å²) in [5.74, 6) is 0. The third-order valence-electron chi connectivity index (χ3n) is 2.71. The van der Waals surface area contributed by atoms with Crippen LogP contribution >= 0.6 is 0 Å². The number of rotatable bonds is 0. The Hall–Kier alpha value is -1.80. The van der Waals surface area contributed by atoms with Crippen molar-refractivity contribution < 1.29 is 0 Å². The zero-order valence-electron chi connectivity index (χ0n) is 7.88. The second-order valence-electron chi connectivity index (χ2n) is 3.59. The predicted molar refractivity (Wildman–Crippen MR) is 52.5 cm³/mol. The van der Waals surface area contributed by atoms with Crippen molar-refractivity contribution in [1.82, 2.24) is 0 Å². The van der Waals surface area contributed by atoms with Crippen molar-refractivity contribution in [3.63, 3.8) is 0 Å². The standard InChI is InChI=1S/C12H10N2/c13-7-9-5-10-3-1-2-4-12(10)11(6-9)8-14/h5-6H,1-4H2. The SMILES string of the molecule is N#Cc1cc(C#N)c2c(c1)CCCC2. The Bertz CT molecular complexity index is 447. The van der Waals surface area contributed by atoms with E-state index in [4.69, 9.17) is 10.5 Å². The average molecular weight is 182 g/mol. The Labute approximate surface area is 83.4 Å². The molecule has 0 aliphatic heterocycles. The molecule has 2 rings (SSSR count). The summed E-state index contributed by atoms with van der Waals surface area (Å²) in [6.45, 7) is 0. The molecule has 0 saturated heterocycles. The Morgan fingerprint density at radius 3 is 2.50 bits per heavy atom. The summed E-state index contributed by atoms with van der Waals surface area (Å²) in [6, 6.07) is 7.90. The molecule has 68 valence electrons. The maximum atomic E-state index is 8.95. The molecule has 0 amide bonds. The highest BCUT2D eigenvalue weighted by Gasteiger charge is 2.14. The molecule has 0 saturated carbocycles. The molecule has 0 unspecified atom stereocenters. The second-order valence-corrected chi connectivity index (χ2v) is 3.59. The lowest BCUT2D eigenvalue weighted by Crippen LogP contribution is -2.05. The van der Waals surface area contributed by atoms with Crippen molar-refractivity contribution in [3.8, 4) is 12.1 Å². The molecule has 0 fully saturated rings. The number of benzene rings is 1. The fourth-order valence-corrected chi connectivity index (χ4v) is 2.03. The summed E-state index contributed by atoms with van der Waals surface area (Å²) < 4.78 is 0. The van der Waals surface area contributed by atoms with Crippen molar-refractivity contribution in [2.24, 2.45) is 0 Å². The number of nitriles is 2. The summed E-state index contributed by atoms with van der Waals surface area (Å²) in [5.41, 5.74) is 3.67. The minimum atomic E-state index is 0.613. The number of hydrogen-bond donors (Lipinski definition) is 0. The van der Waals surface area contributed by atoms with Gasteiger partial charge in [0.25, 0.3) is 0 Å². The quantitative estimate of drug-likeness (QED) is 0.618. The average Bonchev–Trinajstić information content (AvgIpc) is 2.27. The van der Waals surface area contributed by atoms with Crippen molar-refractivity contribution in [1.29, 1.82) is 10.5 Å². The molecule has 0 spiro atoms. The van der Waals surface area contributed by atoms with Gasteiger partial charge in [0, 0.05) is 0 Å². The van der Waals surface area contributed by atoms with Crippen molar-refractivity contribution >= 4 is 0 Å². The number of nitrogens with zero attached hydrogens (tertiary/aromatic N) is 2. The second kappa shape index (κ2) is 3.52. The first kappa shape index (κ1) is 8.78. The lowest BCUT2D eigenvalue weighted by Gasteiger charge is -2.16. The molecule has 1 aliphatic rings. The first-order valence-electron chi connectivity index (χ1n) is 4.81. The molecule has 2 heteroatoms. The molecule has 0 heterocycles. The third-order valence-corrected chi connectivity index (χ3v) is 2.71. The summed E-state index contributed by atoms with van der Waals surface area (Å²) in [6.07, 6.45) is 4.34. The Morgan fingerprint density at radius 1 is 1.00 bits per heavy atom. The van der Waals surface area contributed by atoms with Gasteiger partial charge in [-0.05, 0) is 48.9 Å². The van der Waals surface area contributed by atoms with Gasteiger partial charge in [0.1, 0.15) is 0 Å². The van der Waals surface area contributed by atoms with Gasteiger partial charge < -0.3 is 0 Å². The minimum absolute atomic E-state index is 0.613. The van der Waals surface area contributed by atoms with Gasteiger partial charge in [-0.25, -0.2) is 0 Å². The first-order chi connectivity index (χ1) is 6.85. The molecular weight excluding hydrogens is 172 g/mol. The maximum Gasteiger partial charge on any atom is 0.0995 e. The van der Waals surface area contributed by atoms with Gasteiger partial charge in [0.05, 0.1) is 23.3 Å². The molecule has 0 aromatic heterocycles. The van der Waals surface area contributed by atoms with E-state index in [9.17, 15) is 0 Å². The van der Waals surface area contributed by atoms with Crippen LogP contribution < -0.4 is 0 Å². The molecule has 0 atom stereocenters. The fraction of sp³-hybridized carbons (Fsp3) is 0.333. The van der Waals surface area contributed by atoms with E-state index < -0.39 is 0 Å². The van der Waals surface area contributed by atoms with E-state index in [1.165, 1.54) is 12.0 Å². The van der Waals surface area contributed by atoms with E-state index in [-0.39, 0.29) is 0 Å². The van der Waals surface area contributed by atoms with Gasteiger partial charge in [-0.2, -0.15) is 10.5 Å². The highest BCUT2D eigenvalue weighted by molar-refractivity contribution is 5.50. The molecule has 0 bridgehead atoms. The van der Waals surface area contributed by atoms with Crippen LogP contribution in [0.2, 0.25) is 0 Å². The molecule has 2 nitrogen and oxygen atoms in total. The van der Waals surface area contributed by atoms with E-state index in [1.807, 2.05) is 6.07 Å². The topological polar surface area (TPSA) is 47.6 Å². The van der Waals surface area contributed by atoms with Gasteiger partial charge in [-0.15, -0.1) is 0 Å². The molecule has 1 aromatic rings. The Balaban J connectivity index is 2.61. The van der Waals surface area contributed by atoms with Gasteiger partial charge >= 0.3 is 0 Å². The van der Waals surface area contributed by atoms with Gasteiger partial charge in [-0.1, -0.05) is 0 Å². The Morgan fingerprint density at radius 2 is 1.79 bits per heavy atom. The third kappa shape index (κ3) is 1.36. The van der Waals surface area contributed by atoms with Crippen molar-refractivity contribution in [2.45, 2.75) is 25.7 Å².